The molecule has 0 aliphatic carbocycles. The number of nitrogens with zero attached hydrogens (tertiary/aromatic N) is 6. The van der Waals surface area contributed by atoms with Crippen LogP contribution in [0.5, 0.6) is 0 Å². The molecule has 3 N–H and O–H groups in total. The van der Waals surface area contributed by atoms with E-state index in [1.54, 1.807) is 0 Å². The Morgan fingerprint density at radius 2 is 1.33 bits per heavy atom. The number of hydrogen-bond donors (Lipinski definition) is 3. The number of aryl methyl sites for hydroxylation is 2. The predicted molar refractivity (Wildman–Crippen MR) is 178 cm³/mol. The van der Waals surface area contributed by atoms with Gasteiger partial charge in [-0.05, 0) is 79.5 Å². The topological polar surface area (TPSA) is 297 Å². The van der Waals surface area contributed by atoms with Gasteiger partial charge in [-0.1, -0.05) is 23.2 Å². The van der Waals surface area contributed by atoms with Crippen molar-refractivity contribution in [3.63, 3.8) is 0 Å². The van der Waals surface area contributed by atoms with Gasteiger partial charge in [0.1, 0.15) is 36.0 Å². The molecule has 0 unspecified atom stereocenters. The van der Waals surface area contributed by atoms with Gasteiger partial charge in [0.2, 0.25) is 17.2 Å². The van der Waals surface area contributed by atoms with Crippen LogP contribution in [0.1, 0.15) is 11.3 Å². The summed E-state index contributed by atoms with van der Waals surface area (Å²) in [5.74, 6) is -0.313. The number of azo groups is 1. The van der Waals surface area contributed by atoms with Crippen molar-refractivity contribution in [1.82, 2.24) is 24.7 Å². The number of halogens is 3. The summed E-state index contributed by atoms with van der Waals surface area (Å²) in [5.41, 5.74) is -1.18. The zero-order valence-corrected chi connectivity index (χ0v) is 39.0. The number of benzene rings is 3. The van der Waals surface area contributed by atoms with Crippen LogP contribution in [0.2, 0.25) is 15.3 Å². The number of hydrogen-bond acceptors (Lipinski definition) is 17. The molecule has 0 saturated carbocycles. The standard InChI is InChI=1S/C26H20Cl3N9O10S3.3Na/c1-11-7-14(49(40,41)42)4-5-17(11)31-26-33-24(29)32-25(34-26)30-13-3-6-20(50(43,44)45)18(8-13)35-36-22-12(2)37-38(23(22)39)19-9-16(28)21(10-15(19)27)51(46,47)48;;;/h3-10,37H,1-2H3,(H,40,41,42)(H,43,44,45)(H,46,47,48)(H2,30,31,32,33,34);;;/q;3*+1/p-3. The molecule has 2 aromatic heterocycles. The molecule has 0 aliphatic rings. The molecule has 0 saturated heterocycles. The third kappa shape index (κ3) is 11.5. The van der Waals surface area contributed by atoms with E-state index in [9.17, 15) is 43.7 Å². The Morgan fingerprint density at radius 3 is 1.91 bits per heavy atom. The molecule has 268 valence electrons. The van der Waals surface area contributed by atoms with E-state index in [-0.39, 0.29) is 134 Å². The number of anilines is 4. The summed E-state index contributed by atoms with van der Waals surface area (Å²) in [6, 6.07) is 8.41. The van der Waals surface area contributed by atoms with Crippen molar-refractivity contribution >= 4 is 99.8 Å². The Bertz CT molecular complexity index is 2680. The first-order chi connectivity index (χ1) is 23.6. The second kappa shape index (κ2) is 18.8. The van der Waals surface area contributed by atoms with Crippen molar-refractivity contribution in [2.45, 2.75) is 28.5 Å². The van der Waals surface area contributed by atoms with E-state index in [0.717, 1.165) is 41.1 Å². The first-order valence-electron chi connectivity index (χ1n) is 13.4. The Labute approximate surface area is 387 Å². The van der Waals surface area contributed by atoms with Crippen LogP contribution in [0.3, 0.4) is 0 Å². The molecular weight excluding hydrogens is 870 g/mol. The second-order valence-electron chi connectivity index (χ2n) is 10.2. The normalized spacial score (nSPS) is 11.7. The molecule has 0 bridgehead atoms. The molecule has 19 nitrogen and oxygen atoms in total. The van der Waals surface area contributed by atoms with Crippen LogP contribution in [0.15, 0.2) is 78.2 Å². The van der Waals surface area contributed by atoms with Crippen LogP contribution in [0, 0.1) is 13.8 Å². The minimum Gasteiger partial charge on any atom is -0.744 e. The van der Waals surface area contributed by atoms with Crippen molar-refractivity contribution in [3.8, 4) is 5.69 Å². The van der Waals surface area contributed by atoms with Crippen LogP contribution < -0.4 is 105 Å². The van der Waals surface area contributed by atoms with E-state index in [0.29, 0.717) is 11.3 Å². The van der Waals surface area contributed by atoms with Gasteiger partial charge in [-0.15, -0.1) is 10.2 Å². The number of aromatic amines is 1. The maximum Gasteiger partial charge on any atom is 1.00 e. The Kier molecular flexibility index (Phi) is 17.0. The first-order valence-corrected chi connectivity index (χ1v) is 18.8. The van der Waals surface area contributed by atoms with Crippen molar-refractivity contribution in [2.75, 3.05) is 10.6 Å². The molecule has 54 heavy (non-hydrogen) atoms. The minimum atomic E-state index is -5.14. The molecule has 3 aromatic carbocycles. The number of H-pyrrole nitrogens is 1. The molecule has 0 radical (unpaired) electrons. The average molecular weight is 887 g/mol. The summed E-state index contributed by atoms with van der Waals surface area (Å²) in [6.07, 6.45) is 0. The largest absolute Gasteiger partial charge is 1.00 e. The van der Waals surface area contributed by atoms with Gasteiger partial charge in [0.05, 0.1) is 36.1 Å². The van der Waals surface area contributed by atoms with E-state index in [1.807, 2.05) is 0 Å². The van der Waals surface area contributed by atoms with E-state index in [1.165, 1.54) is 26.0 Å². The summed E-state index contributed by atoms with van der Waals surface area (Å²) in [5, 5.41) is 14.6. The summed E-state index contributed by atoms with van der Waals surface area (Å²) in [4.78, 5) is 23.2. The van der Waals surface area contributed by atoms with Crippen LogP contribution >= 0.6 is 34.8 Å². The van der Waals surface area contributed by atoms with Gasteiger partial charge in [-0.25, -0.2) is 29.9 Å². The second-order valence-corrected chi connectivity index (χ2v) is 15.4. The molecule has 5 rings (SSSR count). The van der Waals surface area contributed by atoms with E-state index in [2.05, 4.69) is 40.9 Å². The van der Waals surface area contributed by atoms with Crippen LogP contribution in [0.25, 0.3) is 5.69 Å². The molecule has 28 heteroatoms. The van der Waals surface area contributed by atoms with Gasteiger partial charge >= 0.3 is 88.7 Å². The molecule has 2 heterocycles. The molecule has 0 fully saturated rings. The van der Waals surface area contributed by atoms with Gasteiger partial charge in [-0.2, -0.15) is 15.0 Å². The summed E-state index contributed by atoms with van der Waals surface area (Å²) < 4.78 is 105. The quantitative estimate of drug-likeness (QED) is 0.0677. The fourth-order valence-electron chi connectivity index (χ4n) is 4.34. The number of rotatable bonds is 10. The van der Waals surface area contributed by atoms with Gasteiger partial charge in [0.15, 0.2) is 5.69 Å². The van der Waals surface area contributed by atoms with Gasteiger partial charge in [0.25, 0.3) is 5.56 Å². The van der Waals surface area contributed by atoms with Crippen molar-refractivity contribution in [3.05, 3.63) is 85.5 Å². The molecule has 0 amide bonds. The zero-order valence-electron chi connectivity index (χ0n) is 28.2. The zero-order chi connectivity index (χ0) is 37.6. The molecular formula is C26H17Cl3N9Na3O10S3. The third-order valence-corrected chi connectivity index (χ3v) is 10.1. The van der Waals surface area contributed by atoms with Crippen molar-refractivity contribution < 1.29 is 128 Å². The Hall–Kier alpha value is -1.52. The molecule has 0 aliphatic heterocycles. The maximum atomic E-state index is 13.2. The smallest absolute Gasteiger partial charge is 0.744 e. The van der Waals surface area contributed by atoms with Gasteiger partial charge < -0.3 is 24.3 Å². The molecule has 0 spiro atoms. The van der Waals surface area contributed by atoms with E-state index in [4.69, 9.17) is 34.8 Å². The monoisotopic (exact) mass is 885 g/mol. The van der Waals surface area contributed by atoms with Crippen LogP contribution in [0.4, 0.5) is 34.6 Å². The van der Waals surface area contributed by atoms with E-state index < -0.39 is 61.3 Å². The summed E-state index contributed by atoms with van der Waals surface area (Å²) in [7, 11) is -14.8. The maximum absolute atomic E-state index is 13.2. The third-order valence-electron chi connectivity index (χ3n) is 6.64. The predicted octanol–water partition coefficient (Wildman–Crippen LogP) is -4.45. The summed E-state index contributed by atoms with van der Waals surface area (Å²) in [6.45, 7) is 2.91. The number of aromatic nitrogens is 5. The SMILES string of the molecule is Cc1cc(S(=O)(=O)[O-])ccc1Nc1nc(Cl)nc(Nc2ccc(S(=O)(=O)[O-])c(N=Nc3c(C)[nH]n(-c4cc(Cl)c(S(=O)(=O)[O-])cc4Cl)c3=O)c2)n1.[Na+].[Na+].[Na+]. The molecule has 5 aromatic rings. The van der Waals surface area contributed by atoms with E-state index >= 15 is 0 Å². The fourth-order valence-corrected chi connectivity index (χ4v) is 6.96. The van der Waals surface area contributed by atoms with Crippen LogP contribution in [-0.2, 0) is 30.4 Å². The van der Waals surface area contributed by atoms with Gasteiger partial charge in [0, 0.05) is 11.4 Å². The van der Waals surface area contributed by atoms with Crippen molar-refractivity contribution in [1.29, 1.82) is 0 Å². The Morgan fingerprint density at radius 1 is 0.722 bits per heavy atom. The molecule has 0 atom stereocenters. The Balaban J connectivity index is 0.00000336. The fraction of sp³-hybridized carbons (Fsp3) is 0.0769. The van der Waals surface area contributed by atoms with Crippen LogP contribution in [-0.4, -0.2) is 63.6 Å². The minimum absolute atomic E-state index is 0. The first kappa shape index (κ1) is 48.6. The average Bonchev–Trinajstić information content (AvgIpc) is 3.28. The van der Waals surface area contributed by atoms with Crippen molar-refractivity contribution in [2.24, 2.45) is 10.2 Å². The van der Waals surface area contributed by atoms with Gasteiger partial charge in [-0.3, -0.25) is 9.89 Å². The number of nitrogens with one attached hydrogen (secondary N) is 3. The summed E-state index contributed by atoms with van der Waals surface area (Å²) >= 11 is 18.1.